The zero-order valence-electron chi connectivity index (χ0n) is 17.0. The molecule has 164 valence electrons. The van der Waals surface area contributed by atoms with Crippen LogP contribution in [-0.4, -0.2) is 45.2 Å². The highest BCUT2D eigenvalue weighted by Gasteiger charge is 2.05. The molecular formula is C21H27F2IN4O2. The molecule has 0 aromatic heterocycles. The van der Waals surface area contributed by atoms with Crippen LogP contribution in [0.3, 0.4) is 0 Å². The fourth-order valence-electron chi connectivity index (χ4n) is 2.56. The summed E-state index contributed by atoms with van der Waals surface area (Å²) in [6, 6.07) is 10.9. The number of aliphatic imine (C=N–C) groups is 1. The zero-order valence-corrected chi connectivity index (χ0v) is 19.3. The Balaban J connectivity index is 0.00000450. The monoisotopic (exact) mass is 532 g/mol. The summed E-state index contributed by atoms with van der Waals surface area (Å²) < 4.78 is 31.5. The first-order chi connectivity index (χ1) is 14.0. The molecule has 0 aliphatic heterocycles. The summed E-state index contributed by atoms with van der Waals surface area (Å²) in [6.07, 6.45) is 0.687. The lowest BCUT2D eigenvalue weighted by molar-refractivity contribution is 0.0963. The van der Waals surface area contributed by atoms with Crippen LogP contribution in [0.5, 0.6) is 5.75 Å². The van der Waals surface area contributed by atoms with Crippen LogP contribution in [0.1, 0.15) is 22.8 Å². The van der Waals surface area contributed by atoms with Gasteiger partial charge in [0, 0.05) is 31.8 Å². The van der Waals surface area contributed by atoms with Crippen molar-refractivity contribution in [1.29, 1.82) is 0 Å². The van der Waals surface area contributed by atoms with Gasteiger partial charge in [0.1, 0.15) is 12.4 Å². The number of hydrogen-bond acceptors (Lipinski definition) is 3. The van der Waals surface area contributed by atoms with E-state index in [1.807, 2.05) is 25.1 Å². The summed E-state index contributed by atoms with van der Waals surface area (Å²) in [5.74, 6) is -1.07. The molecule has 0 atom stereocenters. The molecule has 9 heteroatoms. The Labute approximate surface area is 192 Å². The van der Waals surface area contributed by atoms with Crippen LogP contribution in [0.15, 0.2) is 47.5 Å². The molecule has 30 heavy (non-hydrogen) atoms. The number of nitrogens with zero attached hydrogens (tertiary/aromatic N) is 1. The van der Waals surface area contributed by atoms with Gasteiger partial charge in [0.25, 0.3) is 5.91 Å². The number of amides is 1. The molecule has 6 nitrogen and oxygen atoms in total. The predicted octanol–water partition coefficient (Wildman–Crippen LogP) is 3.12. The van der Waals surface area contributed by atoms with E-state index in [4.69, 9.17) is 4.74 Å². The normalized spacial score (nSPS) is 10.7. The molecule has 2 rings (SSSR count). The molecule has 2 aromatic carbocycles. The van der Waals surface area contributed by atoms with E-state index in [-0.39, 0.29) is 42.2 Å². The standard InChI is InChI=1S/C21H26F2N4O2.HI/c1-3-25-21(27-11-12-29-17-7-8-18(22)19(23)14-17)26-10-9-15-5-4-6-16(13-15)20(28)24-2;/h4-8,13-14H,3,9-12H2,1-2H3,(H,24,28)(H2,25,26,27);1H. The van der Waals surface area contributed by atoms with Gasteiger partial charge in [0.2, 0.25) is 0 Å². The van der Waals surface area contributed by atoms with Crippen molar-refractivity contribution in [3.8, 4) is 5.75 Å². The third-order valence-electron chi connectivity index (χ3n) is 3.99. The van der Waals surface area contributed by atoms with Gasteiger partial charge in [-0.2, -0.15) is 0 Å². The average Bonchev–Trinajstić information content (AvgIpc) is 2.73. The summed E-state index contributed by atoms with van der Waals surface area (Å²) >= 11 is 0. The maximum Gasteiger partial charge on any atom is 0.251 e. The van der Waals surface area contributed by atoms with Crippen LogP contribution in [0, 0.1) is 11.6 Å². The van der Waals surface area contributed by atoms with Gasteiger partial charge in [-0.05, 0) is 43.2 Å². The number of guanidine groups is 1. The first-order valence-corrected chi connectivity index (χ1v) is 9.44. The lowest BCUT2D eigenvalue weighted by Gasteiger charge is -2.12. The van der Waals surface area contributed by atoms with Crippen LogP contribution in [0.25, 0.3) is 0 Å². The van der Waals surface area contributed by atoms with Crippen LogP contribution < -0.4 is 20.7 Å². The number of carbonyl (C=O) groups is 1. The lowest BCUT2D eigenvalue weighted by atomic mass is 10.1. The first kappa shape index (κ1) is 25.6. The number of rotatable bonds is 9. The summed E-state index contributed by atoms with van der Waals surface area (Å²) in [4.78, 5) is 16.2. The summed E-state index contributed by atoms with van der Waals surface area (Å²) in [6.45, 7) is 3.90. The maximum absolute atomic E-state index is 13.2. The largest absolute Gasteiger partial charge is 0.492 e. The number of nitrogens with one attached hydrogen (secondary N) is 3. The zero-order chi connectivity index (χ0) is 21.1. The minimum Gasteiger partial charge on any atom is -0.492 e. The summed E-state index contributed by atoms with van der Waals surface area (Å²) in [5, 5.41) is 8.86. The molecule has 0 aliphatic rings. The minimum atomic E-state index is -0.939. The molecule has 0 fully saturated rings. The van der Waals surface area contributed by atoms with E-state index in [2.05, 4.69) is 20.9 Å². The molecule has 3 N–H and O–H groups in total. The molecule has 0 saturated heterocycles. The van der Waals surface area contributed by atoms with Gasteiger partial charge in [0.15, 0.2) is 17.6 Å². The third kappa shape index (κ3) is 8.52. The van der Waals surface area contributed by atoms with Crippen molar-refractivity contribution in [2.75, 3.05) is 33.3 Å². The van der Waals surface area contributed by atoms with E-state index in [0.29, 0.717) is 37.6 Å². The van der Waals surface area contributed by atoms with Crippen molar-refractivity contribution in [3.63, 3.8) is 0 Å². The topological polar surface area (TPSA) is 74.8 Å². The summed E-state index contributed by atoms with van der Waals surface area (Å²) in [7, 11) is 1.60. The second-order valence-corrected chi connectivity index (χ2v) is 6.14. The average molecular weight is 532 g/mol. The van der Waals surface area contributed by atoms with Crippen LogP contribution in [0.4, 0.5) is 8.78 Å². The highest BCUT2D eigenvalue weighted by Crippen LogP contribution is 2.15. The second-order valence-electron chi connectivity index (χ2n) is 6.14. The third-order valence-corrected chi connectivity index (χ3v) is 3.99. The molecule has 0 saturated carbocycles. The number of ether oxygens (including phenoxy) is 1. The smallest absolute Gasteiger partial charge is 0.251 e. The SMILES string of the molecule is CCNC(=NCCc1cccc(C(=O)NC)c1)NCCOc1ccc(F)c(F)c1.I. The molecule has 0 bridgehead atoms. The molecular weight excluding hydrogens is 505 g/mol. The molecule has 0 aliphatic carbocycles. The Morgan fingerprint density at radius 3 is 2.60 bits per heavy atom. The Morgan fingerprint density at radius 1 is 1.10 bits per heavy atom. The highest BCUT2D eigenvalue weighted by molar-refractivity contribution is 14.0. The highest BCUT2D eigenvalue weighted by atomic mass is 127. The van der Waals surface area contributed by atoms with E-state index >= 15 is 0 Å². The lowest BCUT2D eigenvalue weighted by Crippen LogP contribution is -2.39. The van der Waals surface area contributed by atoms with Crippen LogP contribution in [-0.2, 0) is 6.42 Å². The van der Waals surface area contributed by atoms with E-state index in [9.17, 15) is 13.6 Å². The van der Waals surface area contributed by atoms with Crippen molar-refractivity contribution < 1.29 is 18.3 Å². The van der Waals surface area contributed by atoms with Gasteiger partial charge in [-0.15, -0.1) is 24.0 Å². The van der Waals surface area contributed by atoms with E-state index in [1.165, 1.54) is 6.07 Å². The minimum absolute atomic E-state index is 0. The number of halogens is 3. The Hall–Kier alpha value is -2.43. The molecule has 0 spiro atoms. The van der Waals surface area contributed by atoms with Gasteiger partial charge in [0.05, 0.1) is 6.54 Å². The number of benzene rings is 2. The van der Waals surface area contributed by atoms with Crippen LogP contribution >= 0.6 is 24.0 Å². The summed E-state index contributed by atoms with van der Waals surface area (Å²) in [5.41, 5.74) is 1.64. The predicted molar refractivity (Wildman–Crippen MR) is 125 cm³/mol. The number of carbonyl (C=O) groups excluding carboxylic acids is 1. The molecule has 0 unspecified atom stereocenters. The number of hydrogen-bond donors (Lipinski definition) is 3. The molecule has 2 aromatic rings. The van der Waals surface area contributed by atoms with Crippen molar-refractivity contribution in [3.05, 3.63) is 65.2 Å². The Morgan fingerprint density at radius 2 is 1.90 bits per heavy atom. The van der Waals surface area contributed by atoms with Crippen LogP contribution in [0.2, 0.25) is 0 Å². The van der Waals surface area contributed by atoms with Gasteiger partial charge < -0.3 is 20.7 Å². The maximum atomic E-state index is 13.2. The van der Waals surface area contributed by atoms with E-state index in [1.54, 1.807) is 13.1 Å². The van der Waals surface area contributed by atoms with E-state index < -0.39 is 11.6 Å². The van der Waals surface area contributed by atoms with Gasteiger partial charge in [-0.3, -0.25) is 9.79 Å². The van der Waals surface area contributed by atoms with Gasteiger partial charge in [-0.25, -0.2) is 8.78 Å². The second kappa shape index (κ2) is 13.7. The van der Waals surface area contributed by atoms with Crippen molar-refractivity contribution in [2.45, 2.75) is 13.3 Å². The molecule has 0 radical (unpaired) electrons. The Bertz CT molecular complexity index is 850. The Kier molecular flexibility index (Phi) is 11.7. The van der Waals surface area contributed by atoms with Gasteiger partial charge in [-0.1, -0.05) is 12.1 Å². The molecule has 1 amide bonds. The van der Waals surface area contributed by atoms with Crippen molar-refractivity contribution in [1.82, 2.24) is 16.0 Å². The van der Waals surface area contributed by atoms with E-state index in [0.717, 1.165) is 17.7 Å². The molecule has 0 heterocycles. The van der Waals surface area contributed by atoms with Crippen molar-refractivity contribution >= 4 is 35.8 Å². The van der Waals surface area contributed by atoms with Gasteiger partial charge >= 0.3 is 0 Å². The fourth-order valence-corrected chi connectivity index (χ4v) is 2.56. The quantitative estimate of drug-likeness (QED) is 0.201. The fraction of sp³-hybridized carbons (Fsp3) is 0.333. The first-order valence-electron chi connectivity index (χ1n) is 9.44. The van der Waals surface area contributed by atoms with Crippen molar-refractivity contribution in [2.24, 2.45) is 4.99 Å².